The van der Waals surface area contributed by atoms with Gasteiger partial charge in [-0.25, -0.2) is 9.18 Å². The van der Waals surface area contributed by atoms with E-state index in [0.717, 1.165) is 4.90 Å². The molecule has 0 spiro atoms. The highest BCUT2D eigenvalue weighted by Crippen LogP contribution is 2.26. The van der Waals surface area contributed by atoms with Gasteiger partial charge in [0.2, 0.25) is 0 Å². The van der Waals surface area contributed by atoms with Crippen LogP contribution < -0.4 is 0 Å². The van der Waals surface area contributed by atoms with E-state index in [9.17, 15) is 18.8 Å². The molecule has 1 heterocycles. The molecular formula is C16H10FNO4. The van der Waals surface area contributed by atoms with Crippen LogP contribution in [0.15, 0.2) is 42.5 Å². The zero-order valence-corrected chi connectivity index (χ0v) is 11.2. The Labute approximate surface area is 124 Å². The Morgan fingerprint density at radius 2 is 1.73 bits per heavy atom. The number of carbonyl (C=O) groups excluding carboxylic acids is 2. The number of nitrogens with zero attached hydrogens (tertiary/aromatic N) is 1. The largest absolute Gasteiger partial charge is 0.478 e. The lowest BCUT2D eigenvalue weighted by Gasteiger charge is -2.14. The minimum atomic E-state index is -1.18. The molecule has 0 unspecified atom stereocenters. The lowest BCUT2D eigenvalue weighted by Crippen LogP contribution is -2.29. The van der Waals surface area contributed by atoms with E-state index in [1.807, 2.05) is 0 Å². The average molecular weight is 299 g/mol. The molecule has 2 aromatic carbocycles. The monoisotopic (exact) mass is 299 g/mol. The number of fused-ring (bicyclic) bond motifs is 1. The minimum Gasteiger partial charge on any atom is -0.478 e. The molecule has 0 radical (unpaired) electrons. The molecule has 0 saturated heterocycles. The minimum absolute atomic E-state index is 0.0289. The predicted molar refractivity (Wildman–Crippen MR) is 74.0 cm³/mol. The van der Waals surface area contributed by atoms with E-state index in [0.29, 0.717) is 0 Å². The number of hydrogen-bond acceptors (Lipinski definition) is 3. The van der Waals surface area contributed by atoms with Crippen molar-refractivity contribution in [3.8, 4) is 0 Å². The highest BCUT2D eigenvalue weighted by molar-refractivity contribution is 6.21. The molecular weight excluding hydrogens is 289 g/mol. The van der Waals surface area contributed by atoms with Crippen molar-refractivity contribution in [2.45, 2.75) is 6.54 Å². The van der Waals surface area contributed by atoms with Crippen molar-refractivity contribution in [1.29, 1.82) is 0 Å². The summed E-state index contributed by atoms with van der Waals surface area (Å²) in [6.07, 6.45) is 0. The first kappa shape index (κ1) is 13.9. The zero-order chi connectivity index (χ0) is 15.9. The number of imide groups is 1. The van der Waals surface area contributed by atoms with Crippen molar-refractivity contribution in [2.75, 3.05) is 0 Å². The van der Waals surface area contributed by atoms with E-state index in [1.165, 1.54) is 36.4 Å². The zero-order valence-electron chi connectivity index (χ0n) is 11.2. The van der Waals surface area contributed by atoms with Crippen molar-refractivity contribution < 1.29 is 23.9 Å². The fourth-order valence-electron chi connectivity index (χ4n) is 2.36. The summed E-state index contributed by atoms with van der Waals surface area (Å²) in [6, 6.07) is 9.59. The second-order valence-electron chi connectivity index (χ2n) is 4.85. The highest BCUT2D eigenvalue weighted by atomic mass is 19.1. The molecule has 0 aromatic heterocycles. The smallest absolute Gasteiger partial charge is 0.335 e. The number of carbonyl (C=O) groups is 3. The van der Waals surface area contributed by atoms with Gasteiger partial charge in [-0.3, -0.25) is 14.5 Å². The molecule has 0 fully saturated rings. The van der Waals surface area contributed by atoms with E-state index in [-0.39, 0.29) is 28.8 Å². The lowest BCUT2D eigenvalue weighted by molar-refractivity contribution is 0.0639. The predicted octanol–water partition coefficient (Wildman–Crippen LogP) is 2.32. The van der Waals surface area contributed by atoms with Crippen LogP contribution in [0.4, 0.5) is 4.39 Å². The summed E-state index contributed by atoms with van der Waals surface area (Å²) in [5, 5.41) is 8.95. The third-order valence-electron chi connectivity index (χ3n) is 3.50. The van der Waals surface area contributed by atoms with E-state index in [4.69, 9.17) is 5.11 Å². The van der Waals surface area contributed by atoms with Crippen molar-refractivity contribution in [3.63, 3.8) is 0 Å². The lowest BCUT2D eigenvalue weighted by atomic mass is 10.1. The van der Waals surface area contributed by atoms with Gasteiger partial charge < -0.3 is 5.11 Å². The van der Waals surface area contributed by atoms with Crippen LogP contribution in [0.2, 0.25) is 0 Å². The van der Waals surface area contributed by atoms with Crippen LogP contribution in [0.3, 0.4) is 0 Å². The van der Waals surface area contributed by atoms with Crippen molar-refractivity contribution in [1.82, 2.24) is 4.90 Å². The fourth-order valence-corrected chi connectivity index (χ4v) is 2.36. The number of amides is 2. The summed E-state index contributed by atoms with van der Waals surface area (Å²) in [4.78, 5) is 36.4. The van der Waals surface area contributed by atoms with E-state index < -0.39 is 23.6 Å². The molecule has 5 nitrogen and oxygen atoms in total. The summed E-state index contributed by atoms with van der Waals surface area (Å²) >= 11 is 0. The molecule has 0 saturated carbocycles. The Bertz CT molecular complexity index is 816. The van der Waals surface area contributed by atoms with Gasteiger partial charge in [-0.15, -0.1) is 0 Å². The Balaban J connectivity index is 1.96. The van der Waals surface area contributed by atoms with Crippen LogP contribution in [0, 0.1) is 5.82 Å². The quantitative estimate of drug-likeness (QED) is 0.883. The molecule has 1 aliphatic rings. The van der Waals surface area contributed by atoms with E-state index in [2.05, 4.69) is 0 Å². The molecule has 22 heavy (non-hydrogen) atoms. The summed E-state index contributed by atoms with van der Waals surface area (Å²) in [6.45, 7) is -0.193. The second kappa shape index (κ2) is 5.07. The highest BCUT2D eigenvalue weighted by Gasteiger charge is 2.36. The van der Waals surface area contributed by atoms with Gasteiger partial charge >= 0.3 is 5.97 Å². The number of benzene rings is 2. The number of aromatic carboxylic acids is 1. The number of hydrogen-bond donors (Lipinski definition) is 1. The Morgan fingerprint density at radius 3 is 2.41 bits per heavy atom. The van der Waals surface area contributed by atoms with Crippen LogP contribution in [0.1, 0.15) is 36.6 Å². The maximum Gasteiger partial charge on any atom is 0.335 e. The molecule has 1 aliphatic heterocycles. The molecule has 6 heteroatoms. The van der Waals surface area contributed by atoms with Gasteiger partial charge in [-0.1, -0.05) is 18.2 Å². The number of halogens is 1. The maximum absolute atomic E-state index is 13.7. The summed E-state index contributed by atoms with van der Waals surface area (Å²) in [7, 11) is 0. The van der Waals surface area contributed by atoms with Gasteiger partial charge in [0.05, 0.1) is 23.2 Å². The van der Waals surface area contributed by atoms with Crippen LogP contribution in [0.5, 0.6) is 0 Å². The van der Waals surface area contributed by atoms with Crippen molar-refractivity contribution in [2.24, 2.45) is 0 Å². The first-order chi connectivity index (χ1) is 10.5. The topological polar surface area (TPSA) is 74.7 Å². The third-order valence-corrected chi connectivity index (χ3v) is 3.50. The molecule has 0 atom stereocenters. The van der Waals surface area contributed by atoms with Gasteiger partial charge in [0.25, 0.3) is 11.8 Å². The van der Waals surface area contributed by atoms with Crippen molar-refractivity contribution >= 4 is 17.8 Å². The molecule has 0 bridgehead atoms. The fraction of sp³-hybridized carbons (Fsp3) is 0.0625. The molecule has 0 aliphatic carbocycles. The maximum atomic E-state index is 13.7. The number of carboxylic acids is 1. The Morgan fingerprint density at radius 1 is 1.05 bits per heavy atom. The van der Waals surface area contributed by atoms with Crippen LogP contribution in [0.25, 0.3) is 0 Å². The standard InChI is InChI=1S/C16H10FNO4/c17-13-4-2-1-3-10(13)8-18-14(19)11-6-5-9(16(21)22)7-12(11)15(18)20/h1-7H,8H2,(H,21,22). The normalized spacial score (nSPS) is 13.4. The van der Waals surface area contributed by atoms with Gasteiger partial charge in [0.1, 0.15) is 5.82 Å². The summed E-state index contributed by atoms with van der Waals surface area (Å²) in [5.74, 6) is -2.87. The van der Waals surface area contributed by atoms with E-state index in [1.54, 1.807) is 6.07 Å². The summed E-state index contributed by atoms with van der Waals surface area (Å²) < 4.78 is 13.7. The van der Waals surface area contributed by atoms with Crippen LogP contribution >= 0.6 is 0 Å². The first-order valence-electron chi connectivity index (χ1n) is 6.46. The van der Waals surface area contributed by atoms with Gasteiger partial charge in [0, 0.05) is 5.56 Å². The van der Waals surface area contributed by atoms with Gasteiger partial charge in [0.15, 0.2) is 0 Å². The van der Waals surface area contributed by atoms with Gasteiger partial charge in [-0.2, -0.15) is 0 Å². The molecule has 2 amide bonds. The van der Waals surface area contributed by atoms with Crippen LogP contribution in [-0.2, 0) is 6.54 Å². The Kier molecular flexibility index (Phi) is 3.21. The molecule has 3 rings (SSSR count). The third kappa shape index (κ3) is 2.14. The molecule has 2 aromatic rings. The Hall–Kier alpha value is -3.02. The summed E-state index contributed by atoms with van der Waals surface area (Å²) in [5.41, 5.74) is 0.302. The molecule has 110 valence electrons. The van der Waals surface area contributed by atoms with Crippen LogP contribution in [-0.4, -0.2) is 27.8 Å². The molecule has 1 N–H and O–H groups in total. The SMILES string of the molecule is O=C(O)c1ccc2c(c1)C(=O)N(Cc1ccccc1F)C2=O. The number of carboxylic acid groups (broad SMARTS) is 1. The average Bonchev–Trinajstić information content (AvgIpc) is 2.74. The number of rotatable bonds is 3. The van der Waals surface area contributed by atoms with Crippen molar-refractivity contribution in [3.05, 3.63) is 70.5 Å². The second-order valence-corrected chi connectivity index (χ2v) is 4.85. The van der Waals surface area contributed by atoms with E-state index >= 15 is 0 Å². The first-order valence-corrected chi connectivity index (χ1v) is 6.46. The van der Waals surface area contributed by atoms with Gasteiger partial charge in [-0.05, 0) is 24.3 Å².